The van der Waals surface area contributed by atoms with Crippen LogP contribution in [-0.4, -0.2) is 62.3 Å². The van der Waals surface area contributed by atoms with Crippen LogP contribution in [0.15, 0.2) is 60.9 Å². The van der Waals surface area contributed by atoms with E-state index in [9.17, 15) is 4.79 Å². The number of piperazine rings is 1. The Morgan fingerprint density at radius 1 is 1.00 bits per heavy atom. The van der Waals surface area contributed by atoms with Gasteiger partial charge in [0, 0.05) is 61.1 Å². The number of amides is 1. The number of rotatable bonds is 6. The molecule has 218 valence electrons. The van der Waals surface area contributed by atoms with E-state index in [1.54, 1.807) is 10.9 Å². The van der Waals surface area contributed by atoms with Crippen molar-refractivity contribution >= 4 is 35.0 Å². The molecule has 1 fully saturated rings. The Labute approximate surface area is 251 Å². The number of nitrogens with zero attached hydrogens (tertiary/aromatic N) is 6. The van der Waals surface area contributed by atoms with Gasteiger partial charge in [-0.2, -0.15) is 5.10 Å². The molecular weight excluding hydrogens is 550 g/mol. The second-order valence-electron chi connectivity index (χ2n) is 11.5. The molecule has 3 N–H and O–H groups in total. The maximum atomic E-state index is 12.7. The molecule has 5 aromatic rings. The van der Waals surface area contributed by atoms with Gasteiger partial charge in [0.1, 0.15) is 0 Å². The summed E-state index contributed by atoms with van der Waals surface area (Å²) in [6.45, 7) is 12.6. The standard InChI is InChI=1S/C31H35N9O.ClH/c1-20-15-22(5-6-23(20)17-34-30(41)27-19-40(38-35-27)31(2,3)4)28-26-16-24(18-33-29(26)37-36-28)21-7-9-25(10-8-21)39-13-11-32-12-14-39;/h5-10,15-16,18-19,32H,11-14,17H2,1-4H3,(H,34,41)(H,33,36,37);1H. The minimum absolute atomic E-state index is 0. The molecule has 0 unspecified atom stereocenters. The lowest BCUT2D eigenvalue weighted by molar-refractivity contribution is 0.0945. The van der Waals surface area contributed by atoms with Crippen molar-refractivity contribution in [2.45, 2.75) is 39.8 Å². The Balaban J connectivity index is 0.00000353. The van der Waals surface area contributed by atoms with Crippen molar-refractivity contribution in [3.05, 3.63) is 77.7 Å². The zero-order chi connectivity index (χ0) is 28.6. The molecule has 2 aromatic carbocycles. The predicted octanol–water partition coefficient (Wildman–Crippen LogP) is 4.71. The molecule has 4 heterocycles. The first-order valence-electron chi connectivity index (χ1n) is 14.0. The largest absolute Gasteiger partial charge is 0.369 e. The highest BCUT2D eigenvalue weighted by atomic mass is 35.5. The average Bonchev–Trinajstić information content (AvgIpc) is 3.65. The zero-order valence-electron chi connectivity index (χ0n) is 24.3. The number of benzene rings is 2. The van der Waals surface area contributed by atoms with Crippen molar-refractivity contribution in [1.82, 2.24) is 40.8 Å². The summed E-state index contributed by atoms with van der Waals surface area (Å²) in [5, 5.41) is 23.1. The highest BCUT2D eigenvalue weighted by Gasteiger charge is 2.19. The van der Waals surface area contributed by atoms with Crippen LogP contribution in [-0.2, 0) is 12.1 Å². The van der Waals surface area contributed by atoms with Crippen LogP contribution in [0, 0.1) is 6.92 Å². The van der Waals surface area contributed by atoms with E-state index < -0.39 is 0 Å². The average molecular weight is 586 g/mol. The van der Waals surface area contributed by atoms with E-state index in [-0.39, 0.29) is 23.9 Å². The van der Waals surface area contributed by atoms with E-state index in [1.165, 1.54) is 5.69 Å². The number of aromatic amines is 1. The number of nitrogens with one attached hydrogen (secondary N) is 3. The van der Waals surface area contributed by atoms with Crippen LogP contribution in [0.2, 0.25) is 0 Å². The Morgan fingerprint density at radius 3 is 2.43 bits per heavy atom. The van der Waals surface area contributed by atoms with Crippen LogP contribution < -0.4 is 15.5 Å². The first kappa shape index (κ1) is 29.2. The van der Waals surface area contributed by atoms with Gasteiger partial charge in [0.15, 0.2) is 11.3 Å². The van der Waals surface area contributed by atoms with Crippen LogP contribution >= 0.6 is 12.4 Å². The lowest BCUT2D eigenvalue weighted by Gasteiger charge is -2.29. The summed E-state index contributed by atoms with van der Waals surface area (Å²) in [5.41, 5.74) is 8.19. The maximum Gasteiger partial charge on any atom is 0.273 e. The van der Waals surface area contributed by atoms with E-state index in [0.717, 1.165) is 65.1 Å². The fourth-order valence-corrected chi connectivity index (χ4v) is 5.08. The highest BCUT2D eigenvalue weighted by Crippen LogP contribution is 2.31. The highest BCUT2D eigenvalue weighted by molar-refractivity contribution is 5.94. The second-order valence-corrected chi connectivity index (χ2v) is 11.5. The predicted molar refractivity (Wildman–Crippen MR) is 168 cm³/mol. The van der Waals surface area contributed by atoms with Gasteiger partial charge in [-0.05, 0) is 68.7 Å². The lowest BCUT2D eigenvalue weighted by atomic mass is 10.0. The molecule has 6 rings (SSSR count). The summed E-state index contributed by atoms with van der Waals surface area (Å²) in [7, 11) is 0. The van der Waals surface area contributed by atoms with E-state index in [1.807, 2.05) is 46.0 Å². The molecule has 0 spiro atoms. The number of anilines is 1. The zero-order valence-corrected chi connectivity index (χ0v) is 25.1. The van der Waals surface area contributed by atoms with Crippen molar-refractivity contribution in [2.75, 3.05) is 31.1 Å². The number of pyridine rings is 1. The number of H-pyrrole nitrogens is 1. The van der Waals surface area contributed by atoms with Gasteiger partial charge in [-0.15, -0.1) is 17.5 Å². The minimum atomic E-state index is -0.247. The molecule has 1 amide bonds. The van der Waals surface area contributed by atoms with Crippen molar-refractivity contribution in [1.29, 1.82) is 0 Å². The summed E-state index contributed by atoms with van der Waals surface area (Å²) in [6.07, 6.45) is 3.56. The molecule has 0 atom stereocenters. The second kappa shape index (κ2) is 11.9. The van der Waals surface area contributed by atoms with Crippen LogP contribution in [0.4, 0.5) is 5.69 Å². The molecule has 42 heavy (non-hydrogen) atoms. The molecule has 1 aliphatic rings. The number of halogens is 1. The molecule has 1 saturated heterocycles. The third-order valence-corrected chi connectivity index (χ3v) is 7.58. The van der Waals surface area contributed by atoms with Crippen molar-refractivity contribution < 1.29 is 4.79 Å². The van der Waals surface area contributed by atoms with Crippen molar-refractivity contribution in [3.8, 4) is 22.4 Å². The van der Waals surface area contributed by atoms with Gasteiger partial charge in [0.05, 0.1) is 17.4 Å². The number of carbonyl (C=O) groups excluding carboxylic acids is 1. The smallest absolute Gasteiger partial charge is 0.273 e. The van der Waals surface area contributed by atoms with Crippen molar-refractivity contribution in [3.63, 3.8) is 0 Å². The van der Waals surface area contributed by atoms with Gasteiger partial charge in [0.2, 0.25) is 0 Å². The first-order chi connectivity index (χ1) is 19.8. The first-order valence-corrected chi connectivity index (χ1v) is 14.0. The summed E-state index contributed by atoms with van der Waals surface area (Å²) in [5.74, 6) is -0.247. The van der Waals surface area contributed by atoms with Crippen LogP contribution in [0.3, 0.4) is 0 Å². The molecule has 0 radical (unpaired) electrons. The monoisotopic (exact) mass is 585 g/mol. The maximum absolute atomic E-state index is 12.7. The Morgan fingerprint density at radius 2 is 1.74 bits per heavy atom. The van der Waals surface area contributed by atoms with Gasteiger partial charge in [-0.1, -0.05) is 29.5 Å². The van der Waals surface area contributed by atoms with E-state index >= 15 is 0 Å². The number of hydrogen-bond donors (Lipinski definition) is 3. The fourth-order valence-electron chi connectivity index (χ4n) is 5.08. The lowest BCUT2D eigenvalue weighted by Crippen LogP contribution is -2.43. The molecule has 3 aromatic heterocycles. The third-order valence-electron chi connectivity index (χ3n) is 7.58. The fraction of sp³-hybridized carbons (Fsp3) is 0.323. The molecule has 0 aliphatic carbocycles. The molecule has 0 saturated carbocycles. The van der Waals surface area contributed by atoms with Crippen LogP contribution in [0.25, 0.3) is 33.4 Å². The Bertz CT molecular complexity index is 1700. The Hall–Kier alpha value is -4.28. The van der Waals surface area contributed by atoms with Gasteiger partial charge in [0.25, 0.3) is 5.91 Å². The summed E-state index contributed by atoms with van der Waals surface area (Å²) < 4.78 is 1.69. The van der Waals surface area contributed by atoms with Gasteiger partial charge < -0.3 is 15.5 Å². The number of aryl methyl sites for hydroxylation is 1. The summed E-state index contributed by atoms with van der Waals surface area (Å²) in [4.78, 5) is 19.7. The molecule has 0 bridgehead atoms. The minimum Gasteiger partial charge on any atom is -0.369 e. The number of aromatic nitrogens is 6. The number of carbonyl (C=O) groups is 1. The van der Waals surface area contributed by atoms with Crippen LogP contribution in [0.1, 0.15) is 42.4 Å². The molecule has 11 heteroatoms. The SMILES string of the molecule is Cc1cc(-c2[nH]nc3ncc(-c4ccc(N5CCNCC5)cc4)cc23)ccc1CNC(=O)c1cn(C(C)(C)C)nn1.Cl. The number of hydrogen-bond acceptors (Lipinski definition) is 7. The third kappa shape index (κ3) is 6.00. The topological polar surface area (TPSA) is 117 Å². The Kier molecular flexibility index (Phi) is 8.29. The number of fused-ring (bicyclic) bond motifs is 1. The normalized spacial score (nSPS) is 13.7. The quantitative estimate of drug-likeness (QED) is 0.264. The van der Waals surface area contributed by atoms with Crippen molar-refractivity contribution in [2.24, 2.45) is 0 Å². The van der Waals surface area contributed by atoms with E-state index in [4.69, 9.17) is 0 Å². The van der Waals surface area contributed by atoms with Gasteiger partial charge >= 0.3 is 0 Å². The van der Waals surface area contributed by atoms with Gasteiger partial charge in [-0.25, -0.2) is 9.67 Å². The van der Waals surface area contributed by atoms with Crippen LogP contribution in [0.5, 0.6) is 0 Å². The van der Waals surface area contributed by atoms with Gasteiger partial charge in [-0.3, -0.25) is 9.89 Å². The summed E-state index contributed by atoms with van der Waals surface area (Å²) in [6, 6.07) is 17.0. The molecule has 1 aliphatic heterocycles. The molecular formula is C31H36ClN9O. The molecule has 10 nitrogen and oxygen atoms in total. The summed E-state index contributed by atoms with van der Waals surface area (Å²) >= 11 is 0. The van der Waals surface area contributed by atoms with E-state index in [0.29, 0.717) is 17.9 Å². The van der Waals surface area contributed by atoms with E-state index in [2.05, 4.69) is 77.4 Å².